The van der Waals surface area contributed by atoms with Gasteiger partial charge in [0.2, 0.25) is 0 Å². The molecule has 0 fully saturated rings. The van der Waals surface area contributed by atoms with E-state index < -0.39 is 0 Å². The van der Waals surface area contributed by atoms with Gasteiger partial charge in [-0.3, -0.25) is 4.57 Å². The minimum Gasteiger partial charge on any atom is -0.308 e. The van der Waals surface area contributed by atoms with Crippen LogP contribution >= 0.6 is 0 Å². The second kappa shape index (κ2) is 9.03. The quantitative estimate of drug-likeness (QED) is 0.188. The largest absolute Gasteiger partial charge is 0.308 e. The molecule has 0 spiro atoms. The van der Waals surface area contributed by atoms with E-state index in [1.165, 1.54) is 76.1 Å². The Balaban J connectivity index is 1.30. The van der Waals surface area contributed by atoms with Crippen LogP contribution in [-0.2, 0) is 0 Å². The van der Waals surface area contributed by atoms with Gasteiger partial charge in [-0.15, -0.1) is 0 Å². The predicted molar refractivity (Wildman–Crippen MR) is 205 cm³/mol. The van der Waals surface area contributed by atoms with Gasteiger partial charge in [-0.1, -0.05) is 97.1 Å². The molecule has 0 amide bonds. The van der Waals surface area contributed by atoms with E-state index in [1.807, 2.05) is 12.3 Å². The first-order valence-electron chi connectivity index (χ1n) is 16.8. The summed E-state index contributed by atoms with van der Waals surface area (Å²) in [5, 5.41) is 12.5. The Kier molecular flexibility index (Phi) is 4.69. The predicted octanol–water partition coefficient (Wildman–Crippen LogP) is 11.6. The summed E-state index contributed by atoms with van der Waals surface area (Å²) in [7, 11) is 0. The second-order valence-electron chi connectivity index (χ2n) is 13.2. The van der Waals surface area contributed by atoms with E-state index >= 15 is 0 Å². The SMILES string of the molecule is c1cc(-n2c3ccccc3c3cccnc32)cc(-n2c3c4ccccc4ccc3c3cc4c5ccccc5n5c6ccccc6c(c32)c45)c1. The van der Waals surface area contributed by atoms with Crippen LogP contribution in [0.15, 0.2) is 158 Å². The van der Waals surface area contributed by atoms with Crippen LogP contribution in [0.1, 0.15) is 0 Å². The minimum atomic E-state index is 0.965. The summed E-state index contributed by atoms with van der Waals surface area (Å²) in [6, 6.07) is 55.4. The third-order valence-electron chi connectivity index (χ3n) is 10.8. The number of hydrogen-bond acceptors (Lipinski definition) is 1. The molecule has 0 bridgehead atoms. The van der Waals surface area contributed by atoms with Crippen molar-refractivity contribution in [1.29, 1.82) is 0 Å². The number of aromatic nitrogens is 4. The molecule has 12 rings (SSSR count). The fourth-order valence-corrected chi connectivity index (χ4v) is 8.85. The van der Waals surface area contributed by atoms with Gasteiger partial charge in [0.05, 0.1) is 33.1 Å². The van der Waals surface area contributed by atoms with Crippen LogP contribution in [0, 0.1) is 0 Å². The monoisotopic (exact) mass is 622 g/mol. The number of para-hydroxylation sites is 3. The fourth-order valence-electron chi connectivity index (χ4n) is 8.85. The van der Waals surface area contributed by atoms with Gasteiger partial charge in [0, 0.05) is 66.0 Å². The van der Waals surface area contributed by atoms with Gasteiger partial charge in [0.25, 0.3) is 0 Å². The minimum absolute atomic E-state index is 0.965. The van der Waals surface area contributed by atoms with Crippen molar-refractivity contribution in [3.05, 3.63) is 158 Å². The van der Waals surface area contributed by atoms with Crippen LogP contribution in [0.25, 0.3) is 104 Å². The molecule has 0 radical (unpaired) electrons. The molecule has 0 atom stereocenters. The first kappa shape index (κ1) is 25.4. The van der Waals surface area contributed by atoms with Crippen molar-refractivity contribution in [2.24, 2.45) is 0 Å². The Morgan fingerprint density at radius 2 is 1.00 bits per heavy atom. The Labute approximate surface area is 279 Å². The lowest BCUT2D eigenvalue weighted by Crippen LogP contribution is -1.99. The van der Waals surface area contributed by atoms with Crippen LogP contribution in [0.3, 0.4) is 0 Å². The van der Waals surface area contributed by atoms with Crippen LogP contribution in [0.2, 0.25) is 0 Å². The molecule has 0 aliphatic rings. The molecule has 0 aliphatic heterocycles. The lowest BCUT2D eigenvalue weighted by Gasteiger charge is -2.14. The number of rotatable bonds is 2. The molecule has 5 aromatic heterocycles. The van der Waals surface area contributed by atoms with Crippen molar-refractivity contribution in [2.75, 3.05) is 0 Å². The van der Waals surface area contributed by atoms with Crippen LogP contribution < -0.4 is 0 Å². The van der Waals surface area contributed by atoms with E-state index in [-0.39, 0.29) is 0 Å². The molecule has 0 N–H and O–H groups in total. The maximum absolute atomic E-state index is 4.90. The number of benzene rings is 7. The standard InChI is InChI=1S/C45H26N4/c1-2-14-30-27(11-1)22-23-33-37-26-36-32-16-4-7-20-39(32)49-40-21-8-5-17-35(40)41(44(36)49)43(37)48(42(30)33)29-13-9-12-28(25-29)47-38-19-6-3-15-31(38)34-18-10-24-46-45(34)47/h1-26H. The molecule has 4 heteroatoms. The molecule has 49 heavy (non-hydrogen) atoms. The summed E-state index contributed by atoms with van der Waals surface area (Å²) in [5.41, 5.74) is 10.6. The van der Waals surface area contributed by atoms with Gasteiger partial charge in [-0.25, -0.2) is 4.98 Å². The van der Waals surface area contributed by atoms with Gasteiger partial charge >= 0.3 is 0 Å². The van der Waals surface area contributed by atoms with Gasteiger partial charge in [0.15, 0.2) is 0 Å². The van der Waals surface area contributed by atoms with Crippen molar-refractivity contribution >= 4 is 92.6 Å². The summed E-state index contributed by atoms with van der Waals surface area (Å²) < 4.78 is 7.33. The molecule has 0 aliphatic carbocycles. The number of nitrogens with zero attached hydrogens (tertiary/aromatic N) is 4. The molecule has 4 nitrogen and oxygen atoms in total. The van der Waals surface area contributed by atoms with Gasteiger partial charge in [-0.05, 0) is 60.0 Å². The molecule has 5 heterocycles. The summed E-state index contributed by atoms with van der Waals surface area (Å²) in [4.78, 5) is 4.90. The Hall–Kier alpha value is -6.65. The highest BCUT2D eigenvalue weighted by atomic mass is 15.1. The van der Waals surface area contributed by atoms with E-state index in [0.29, 0.717) is 0 Å². The average Bonchev–Trinajstić information content (AvgIpc) is 3.89. The average molecular weight is 623 g/mol. The highest BCUT2D eigenvalue weighted by molar-refractivity contribution is 6.35. The van der Waals surface area contributed by atoms with Crippen molar-refractivity contribution in [1.82, 2.24) is 18.5 Å². The van der Waals surface area contributed by atoms with Crippen LogP contribution in [0.5, 0.6) is 0 Å². The normalized spacial score (nSPS) is 12.5. The lowest BCUT2D eigenvalue weighted by molar-refractivity contribution is 1.11. The molecule has 12 aromatic rings. The highest BCUT2D eigenvalue weighted by Gasteiger charge is 2.25. The number of hydrogen-bond donors (Lipinski definition) is 0. The molecular weight excluding hydrogens is 597 g/mol. The maximum Gasteiger partial charge on any atom is 0.145 e. The highest BCUT2D eigenvalue weighted by Crippen LogP contribution is 2.47. The van der Waals surface area contributed by atoms with Crippen molar-refractivity contribution in [2.45, 2.75) is 0 Å². The summed E-state index contributed by atoms with van der Waals surface area (Å²) >= 11 is 0. The van der Waals surface area contributed by atoms with Crippen LogP contribution in [0.4, 0.5) is 0 Å². The van der Waals surface area contributed by atoms with Gasteiger partial charge in [-0.2, -0.15) is 0 Å². The zero-order valence-electron chi connectivity index (χ0n) is 26.3. The molecule has 0 saturated heterocycles. The van der Waals surface area contributed by atoms with E-state index in [0.717, 1.165) is 27.9 Å². The van der Waals surface area contributed by atoms with Crippen LogP contribution in [-0.4, -0.2) is 18.5 Å². The number of pyridine rings is 1. The molecule has 226 valence electrons. The van der Waals surface area contributed by atoms with E-state index in [1.54, 1.807) is 0 Å². The zero-order chi connectivity index (χ0) is 31.8. The van der Waals surface area contributed by atoms with E-state index in [4.69, 9.17) is 4.98 Å². The third kappa shape index (κ3) is 3.12. The Morgan fingerprint density at radius 3 is 1.84 bits per heavy atom. The number of fused-ring (bicyclic) bond motifs is 15. The molecule has 0 unspecified atom stereocenters. The smallest absolute Gasteiger partial charge is 0.145 e. The van der Waals surface area contributed by atoms with Crippen molar-refractivity contribution in [3.8, 4) is 11.4 Å². The molecule has 7 aromatic carbocycles. The first-order valence-corrected chi connectivity index (χ1v) is 16.8. The van der Waals surface area contributed by atoms with E-state index in [2.05, 4.69) is 159 Å². The van der Waals surface area contributed by atoms with Crippen molar-refractivity contribution < 1.29 is 0 Å². The Morgan fingerprint density at radius 1 is 0.367 bits per heavy atom. The second-order valence-corrected chi connectivity index (χ2v) is 13.2. The maximum atomic E-state index is 4.90. The molecular formula is C45H26N4. The summed E-state index contributed by atoms with van der Waals surface area (Å²) in [6.45, 7) is 0. The lowest BCUT2D eigenvalue weighted by atomic mass is 10.0. The molecule has 0 saturated carbocycles. The Bertz CT molecular complexity index is 3280. The zero-order valence-corrected chi connectivity index (χ0v) is 26.3. The third-order valence-corrected chi connectivity index (χ3v) is 10.8. The fraction of sp³-hybridized carbons (Fsp3) is 0. The van der Waals surface area contributed by atoms with Crippen molar-refractivity contribution in [3.63, 3.8) is 0 Å². The summed E-state index contributed by atoms with van der Waals surface area (Å²) in [5.74, 6) is 0. The topological polar surface area (TPSA) is 27.2 Å². The van der Waals surface area contributed by atoms with E-state index in [9.17, 15) is 0 Å². The summed E-state index contributed by atoms with van der Waals surface area (Å²) in [6.07, 6.45) is 1.89. The van der Waals surface area contributed by atoms with Gasteiger partial charge < -0.3 is 8.97 Å². The van der Waals surface area contributed by atoms with Gasteiger partial charge in [0.1, 0.15) is 5.65 Å². The first-order chi connectivity index (χ1) is 24.3.